The monoisotopic (exact) mass is 744 g/mol. The van der Waals surface area contributed by atoms with Crippen LogP contribution < -0.4 is 0 Å². The Morgan fingerprint density at radius 3 is 0.444 bits per heavy atom. The summed E-state index contributed by atoms with van der Waals surface area (Å²) in [6.45, 7) is 14.7. The first-order chi connectivity index (χ1) is 25.7. The van der Waals surface area contributed by atoms with Gasteiger partial charge in [0.2, 0.25) is 0 Å². The van der Waals surface area contributed by atoms with Crippen LogP contribution in [0.3, 0.4) is 0 Å². The van der Waals surface area contributed by atoms with E-state index in [1.165, 1.54) is 79.2 Å². The van der Waals surface area contributed by atoms with Crippen molar-refractivity contribution in [2.24, 2.45) is 5.92 Å². The van der Waals surface area contributed by atoms with E-state index in [1.54, 1.807) is 72.8 Å². The fourth-order valence-corrected chi connectivity index (χ4v) is 2.64. The summed E-state index contributed by atoms with van der Waals surface area (Å²) in [6.07, 6.45) is 1.25. The highest BCUT2D eigenvalue weighted by Gasteiger charge is 1.86. The summed E-state index contributed by atoms with van der Waals surface area (Å²) in [7, 11) is 0. The number of phenolic OH excluding ortho intramolecular Hbond substituents is 9. The van der Waals surface area contributed by atoms with Crippen molar-refractivity contribution in [3.63, 3.8) is 0 Å². The van der Waals surface area contributed by atoms with Crippen LogP contribution in [0.4, 0.5) is 0 Å². The molecule has 9 N–H and O–H groups in total. The largest absolute Gasteiger partial charge is 0.508 e. The minimum atomic E-state index is 0.169. The van der Waals surface area contributed by atoms with E-state index in [4.69, 9.17) is 46.0 Å². The quantitative estimate of drug-likeness (QED) is 0.0683. The predicted octanol–water partition coefficient (Wildman–Crippen LogP) is 11.6. The number of hydrogen-bond acceptors (Lipinski definition) is 9. The van der Waals surface area contributed by atoms with E-state index in [0.29, 0.717) is 17.2 Å². The Balaban J connectivity index is -0.000000554. The second-order valence-corrected chi connectivity index (χ2v) is 11.0. The molecule has 6 aromatic carbocycles. The van der Waals surface area contributed by atoms with Crippen LogP contribution in [-0.4, -0.2) is 46.0 Å². The van der Waals surface area contributed by atoms with Crippen molar-refractivity contribution in [1.29, 1.82) is 0 Å². The zero-order chi connectivity index (χ0) is 41.6. The molecule has 0 saturated heterocycles. The van der Waals surface area contributed by atoms with Gasteiger partial charge in [0, 0.05) is 0 Å². The molecular weight excluding hydrogens is 684 g/mol. The minimum Gasteiger partial charge on any atom is -0.508 e. The smallest absolute Gasteiger partial charge is 0.115 e. The molecule has 0 saturated carbocycles. The molecule has 0 radical (unpaired) electrons. The van der Waals surface area contributed by atoms with Gasteiger partial charge >= 0.3 is 0 Å². The van der Waals surface area contributed by atoms with Crippen molar-refractivity contribution in [2.45, 2.75) is 54.9 Å². The molecule has 0 heterocycles. The fourth-order valence-electron chi connectivity index (χ4n) is 2.64. The molecule has 0 unspecified atom stereocenters. The molecule has 6 rings (SSSR count). The van der Waals surface area contributed by atoms with Crippen molar-refractivity contribution in [3.05, 3.63) is 164 Å². The zero-order valence-corrected chi connectivity index (χ0v) is 32.4. The van der Waals surface area contributed by atoms with Gasteiger partial charge in [0.05, 0.1) is 0 Å². The predicted molar refractivity (Wildman–Crippen MR) is 221 cm³/mol. The Morgan fingerprint density at radius 1 is 0.278 bits per heavy atom. The Morgan fingerprint density at radius 2 is 0.370 bits per heavy atom. The van der Waals surface area contributed by atoms with Gasteiger partial charge < -0.3 is 46.0 Å². The van der Waals surface area contributed by atoms with Gasteiger partial charge in [-0.3, -0.25) is 0 Å². The van der Waals surface area contributed by atoms with Crippen molar-refractivity contribution in [1.82, 2.24) is 0 Å². The van der Waals surface area contributed by atoms with Crippen LogP contribution in [0.5, 0.6) is 51.7 Å². The molecule has 9 nitrogen and oxygen atoms in total. The molecule has 0 aliphatic heterocycles. The number of phenols is 9. The second kappa shape index (κ2) is 36.3. The Bertz CT molecular complexity index is 1340. The van der Waals surface area contributed by atoms with E-state index >= 15 is 0 Å². The van der Waals surface area contributed by atoms with E-state index < -0.39 is 0 Å². The van der Waals surface area contributed by atoms with E-state index in [0.717, 1.165) is 5.92 Å². The minimum absolute atomic E-state index is 0.169. The molecule has 0 amide bonds. The third-order valence-corrected chi connectivity index (χ3v) is 4.82. The summed E-state index contributed by atoms with van der Waals surface area (Å²) < 4.78 is 0. The molecule has 9 heteroatoms. The van der Waals surface area contributed by atoms with E-state index in [1.807, 2.05) is 32.0 Å². The molecule has 0 bridgehead atoms. The van der Waals surface area contributed by atoms with Crippen LogP contribution in [0.1, 0.15) is 54.9 Å². The summed E-state index contributed by atoms with van der Waals surface area (Å²) in [5.74, 6) is 2.81. The van der Waals surface area contributed by atoms with Gasteiger partial charge in [-0.25, -0.2) is 0 Å². The molecule has 0 aliphatic rings. The number of rotatable bonds is 0. The summed E-state index contributed by atoms with van der Waals surface area (Å²) in [6, 6.07) is 43.2. The third-order valence-electron chi connectivity index (χ3n) is 4.82. The molecular formula is C45H60O9. The highest BCUT2D eigenvalue weighted by Crippen LogP contribution is 2.14. The standard InChI is InChI=1S/3C6H6O2.3C6H6O.C4H10.C3H8.C2H6/c3*7-5-1-2-6(8)4-3-5;3*7-6-4-2-1-3-5-6;1-4(2)3;1-3-2;1-2/h3*1-4,7-8H;3*1-5,7H;4H,1-3H3;3H2,1-2H3;1-2H3. The highest BCUT2D eigenvalue weighted by molar-refractivity contribution is 5.30. The SMILES string of the molecule is CC.CC(C)C.CCC.Oc1ccc(O)cc1.Oc1ccc(O)cc1.Oc1ccc(O)cc1.Oc1ccccc1.Oc1ccccc1.Oc1ccccc1. The number of hydrogen-bond donors (Lipinski definition) is 9. The van der Waals surface area contributed by atoms with Gasteiger partial charge in [-0.05, 0) is 115 Å². The Kier molecular flexibility index (Phi) is 34.9. The Hall–Kier alpha value is -6.48. The van der Waals surface area contributed by atoms with E-state index in [2.05, 4.69) is 34.6 Å². The van der Waals surface area contributed by atoms with Crippen LogP contribution in [0.2, 0.25) is 0 Å². The summed E-state index contributed by atoms with van der Waals surface area (Å²) in [5.41, 5.74) is 0. The first-order valence-corrected chi connectivity index (χ1v) is 17.4. The number of benzene rings is 6. The lowest BCUT2D eigenvalue weighted by atomic mass is 10.3. The van der Waals surface area contributed by atoms with Crippen LogP contribution in [0.15, 0.2) is 164 Å². The van der Waals surface area contributed by atoms with Gasteiger partial charge in [-0.1, -0.05) is 109 Å². The normalized spacial score (nSPS) is 8.44. The molecule has 0 aromatic heterocycles. The average molecular weight is 745 g/mol. The van der Waals surface area contributed by atoms with Gasteiger partial charge in [0.15, 0.2) is 0 Å². The first kappa shape index (κ1) is 51.9. The molecule has 54 heavy (non-hydrogen) atoms. The molecule has 0 spiro atoms. The lowest BCUT2D eigenvalue weighted by Gasteiger charge is -1.88. The highest BCUT2D eigenvalue weighted by atomic mass is 16.3. The summed E-state index contributed by atoms with van der Waals surface area (Å²) in [5, 5.41) is 77.8. The third kappa shape index (κ3) is 40.0. The van der Waals surface area contributed by atoms with Gasteiger partial charge in [0.1, 0.15) is 51.7 Å². The maximum Gasteiger partial charge on any atom is 0.115 e. The van der Waals surface area contributed by atoms with Crippen LogP contribution in [0, 0.1) is 5.92 Å². The van der Waals surface area contributed by atoms with E-state index in [9.17, 15) is 0 Å². The van der Waals surface area contributed by atoms with Gasteiger partial charge in [-0.15, -0.1) is 0 Å². The van der Waals surface area contributed by atoms with E-state index in [-0.39, 0.29) is 34.5 Å². The van der Waals surface area contributed by atoms with Crippen molar-refractivity contribution in [2.75, 3.05) is 0 Å². The average Bonchev–Trinajstić information content (AvgIpc) is 3.15. The van der Waals surface area contributed by atoms with Crippen LogP contribution in [-0.2, 0) is 0 Å². The van der Waals surface area contributed by atoms with Crippen LogP contribution >= 0.6 is 0 Å². The second-order valence-electron chi connectivity index (χ2n) is 11.0. The topological polar surface area (TPSA) is 182 Å². The lowest BCUT2D eigenvalue weighted by Crippen LogP contribution is -1.66. The van der Waals surface area contributed by atoms with Crippen LogP contribution in [0.25, 0.3) is 0 Å². The maximum atomic E-state index is 8.65. The molecule has 0 aliphatic carbocycles. The first-order valence-electron chi connectivity index (χ1n) is 17.4. The van der Waals surface area contributed by atoms with Gasteiger partial charge in [-0.2, -0.15) is 0 Å². The summed E-state index contributed by atoms with van der Waals surface area (Å²) >= 11 is 0. The lowest BCUT2D eigenvalue weighted by molar-refractivity contribution is 0.460. The Labute approximate surface area is 321 Å². The molecule has 6 aromatic rings. The number of aromatic hydroxyl groups is 9. The number of para-hydroxylation sites is 3. The maximum absolute atomic E-state index is 8.65. The molecule has 0 atom stereocenters. The van der Waals surface area contributed by atoms with Crippen molar-refractivity contribution < 1.29 is 46.0 Å². The molecule has 0 fully saturated rings. The zero-order valence-electron chi connectivity index (χ0n) is 32.4. The van der Waals surface area contributed by atoms with Gasteiger partial charge in [0.25, 0.3) is 0 Å². The fraction of sp³-hybridized carbons (Fsp3) is 0.200. The van der Waals surface area contributed by atoms with Crippen molar-refractivity contribution in [3.8, 4) is 51.7 Å². The molecule has 294 valence electrons. The summed E-state index contributed by atoms with van der Waals surface area (Å²) in [4.78, 5) is 0. The van der Waals surface area contributed by atoms with Crippen molar-refractivity contribution >= 4 is 0 Å².